The zero-order chi connectivity index (χ0) is 12.4. The number of aromatic amines is 1. The molecule has 0 aromatic carbocycles. The summed E-state index contributed by atoms with van der Waals surface area (Å²) in [6, 6.07) is 1.50. The Hall–Kier alpha value is -1.82. The highest BCUT2D eigenvalue weighted by atomic mass is 32.1. The molecule has 5 nitrogen and oxygen atoms in total. The summed E-state index contributed by atoms with van der Waals surface area (Å²) in [4.78, 5) is 20.0. The van der Waals surface area contributed by atoms with Crippen molar-refractivity contribution in [3.8, 4) is 0 Å². The van der Waals surface area contributed by atoms with E-state index < -0.39 is 0 Å². The molecule has 0 aliphatic rings. The lowest BCUT2D eigenvalue weighted by atomic mass is 10.3. The van der Waals surface area contributed by atoms with E-state index in [0.717, 1.165) is 9.88 Å². The molecule has 0 saturated carbocycles. The molecule has 2 rings (SSSR count). The van der Waals surface area contributed by atoms with Gasteiger partial charge in [0.25, 0.3) is 5.91 Å². The van der Waals surface area contributed by atoms with Gasteiger partial charge in [0.15, 0.2) is 0 Å². The average Bonchev–Trinajstić information content (AvgIpc) is 2.87. The Morgan fingerprint density at radius 3 is 2.94 bits per heavy atom. The maximum atomic E-state index is 11.8. The lowest BCUT2D eigenvalue weighted by Gasteiger charge is -2.09. The van der Waals surface area contributed by atoms with Gasteiger partial charge in [-0.05, 0) is 19.9 Å². The minimum Gasteiger partial charge on any atom is -0.397 e. The van der Waals surface area contributed by atoms with E-state index in [1.165, 1.54) is 0 Å². The Balaban J connectivity index is 2.04. The molecular formula is C11H14N4OS. The molecule has 1 amide bonds. The van der Waals surface area contributed by atoms with Crippen LogP contribution in [-0.2, 0) is 0 Å². The predicted molar refractivity (Wildman–Crippen MR) is 67.9 cm³/mol. The number of anilines is 1. The number of carbonyl (C=O) groups is 1. The summed E-state index contributed by atoms with van der Waals surface area (Å²) < 4.78 is 0. The number of aryl methyl sites for hydroxylation is 1. The van der Waals surface area contributed by atoms with Crippen LogP contribution in [0.1, 0.15) is 33.3 Å². The molecule has 2 aromatic heterocycles. The van der Waals surface area contributed by atoms with Gasteiger partial charge in [0.05, 0.1) is 6.04 Å². The Bertz CT molecular complexity index is 531. The van der Waals surface area contributed by atoms with E-state index in [0.29, 0.717) is 11.4 Å². The summed E-state index contributed by atoms with van der Waals surface area (Å²) >= 11 is 1.58. The largest absolute Gasteiger partial charge is 0.397 e. The number of rotatable bonds is 3. The van der Waals surface area contributed by atoms with Crippen molar-refractivity contribution in [1.29, 1.82) is 0 Å². The van der Waals surface area contributed by atoms with Crippen LogP contribution in [0.25, 0.3) is 0 Å². The molecular weight excluding hydrogens is 236 g/mol. The topological polar surface area (TPSA) is 83.8 Å². The van der Waals surface area contributed by atoms with Crippen molar-refractivity contribution in [3.63, 3.8) is 0 Å². The number of aromatic nitrogens is 2. The molecule has 1 unspecified atom stereocenters. The fourth-order valence-corrected chi connectivity index (χ4v) is 2.23. The summed E-state index contributed by atoms with van der Waals surface area (Å²) in [5.41, 5.74) is 6.55. The van der Waals surface area contributed by atoms with E-state index in [1.54, 1.807) is 29.8 Å². The van der Waals surface area contributed by atoms with Crippen LogP contribution in [0, 0.1) is 6.92 Å². The molecule has 90 valence electrons. The number of hydrogen-bond acceptors (Lipinski definition) is 4. The highest BCUT2D eigenvalue weighted by Gasteiger charge is 2.14. The van der Waals surface area contributed by atoms with Gasteiger partial charge in [0.1, 0.15) is 10.7 Å². The van der Waals surface area contributed by atoms with Gasteiger partial charge in [0.2, 0.25) is 0 Å². The zero-order valence-electron chi connectivity index (χ0n) is 9.65. The van der Waals surface area contributed by atoms with Crippen LogP contribution in [0.5, 0.6) is 0 Å². The van der Waals surface area contributed by atoms with Crippen molar-refractivity contribution < 1.29 is 4.79 Å². The van der Waals surface area contributed by atoms with Crippen molar-refractivity contribution in [2.75, 3.05) is 5.73 Å². The van der Waals surface area contributed by atoms with Crippen LogP contribution in [0.2, 0.25) is 0 Å². The predicted octanol–water partition coefficient (Wildman–Crippen LogP) is 1.85. The molecule has 0 fully saturated rings. The summed E-state index contributed by atoms with van der Waals surface area (Å²) in [5.74, 6) is -0.179. The Morgan fingerprint density at radius 2 is 2.41 bits per heavy atom. The van der Waals surface area contributed by atoms with Crippen molar-refractivity contribution in [3.05, 3.63) is 34.0 Å². The molecule has 0 bridgehead atoms. The lowest BCUT2D eigenvalue weighted by Crippen LogP contribution is -2.26. The van der Waals surface area contributed by atoms with Crippen LogP contribution in [0.3, 0.4) is 0 Å². The number of carbonyl (C=O) groups excluding carboxylic acids is 1. The molecule has 4 N–H and O–H groups in total. The molecule has 2 heterocycles. The van der Waals surface area contributed by atoms with Crippen LogP contribution in [0.15, 0.2) is 18.5 Å². The third-order valence-corrected chi connectivity index (χ3v) is 3.40. The molecule has 2 aromatic rings. The summed E-state index contributed by atoms with van der Waals surface area (Å²) in [6.45, 7) is 3.89. The van der Waals surface area contributed by atoms with Gasteiger partial charge in [-0.15, -0.1) is 11.3 Å². The number of amides is 1. The third-order valence-electron chi connectivity index (χ3n) is 2.31. The second-order valence-corrected chi connectivity index (χ2v) is 5.12. The second-order valence-electron chi connectivity index (χ2n) is 3.85. The Morgan fingerprint density at radius 1 is 1.65 bits per heavy atom. The first-order chi connectivity index (χ1) is 8.06. The van der Waals surface area contributed by atoms with Gasteiger partial charge in [-0.1, -0.05) is 0 Å². The van der Waals surface area contributed by atoms with Crippen LogP contribution >= 0.6 is 11.3 Å². The molecule has 6 heteroatoms. The Labute approximate surface area is 103 Å². The second kappa shape index (κ2) is 4.58. The number of nitrogens with zero attached hydrogens (tertiary/aromatic N) is 1. The molecule has 0 aliphatic heterocycles. The molecule has 0 spiro atoms. The van der Waals surface area contributed by atoms with Crippen molar-refractivity contribution in [2.24, 2.45) is 0 Å². The van der Waals surface area contributed by atoms with E-state index in [4.69, 9.17) is 5.73 Å². The zero-order valence-corrected chi connectivity index (χ0v) is 10.5. The first-order valence-electron chi connectivity index (χ1n) is 5.23. The smallest absolute Gasteiger partial charge is 0.268 e. The van der Waals surface area contributed by atoms with Crippen LogP contribution in [0.4, 0.5) is 5.69 Å². The number of hydrogen-bond donors (Lipinski definition) is 3. The average molecular weight is 250 g/mol. The Kier molecular flexibility index (Phi) is 3.14. The monoisotopic (exact) mass is 250 g/mol. The van der Waals surface area contributed by atoms with E-state index in [2.05, 4.69) is 15.3 Å². The fourth-order valence-electron chi connectivity index (χ4n) is 1.45. The van der Waals surface area contributed by atoms with Gasteiger partial charge in [-0.25, -0.2) is 4.98 Å². The standard InChI is InChI=1S/C11H14N4OS/c1-6-4-14-11(17-6)7(2)15-10(16)9-3-8(12)5-13-9/h3-5,7,13H,12H2,1-2H3,(H,15,16). The minimum atomic E-state index is -0.179. The van der Waals surface area contributed by atoms with E-state index >= 15 is 0 Å². The van der Waals surface area contributed by atoms with Gasteiger partial charge < -0.3 is 16.0 Å². The normalized spacial score (nSPS) is 12.4. The molecule has 17 heavy (non-hydrogen) atoms. The number of H-pyrrole nitrogens is 1. The number of nitrogen functional groups attached to an aromatic ring is 1. The van der Waals surface area contributed by atoms with Crippen molar-refractivity contribution in [2.45, 2.75) is 19.9 Å². The molecule has 0 saturated heterocycles. The molecule has 0 radical (unpaired) electrons. The van der Waals surface area contributed by atoms with Crippen molar-refractivity contribution in [1.82, 2.24) is 15.3 Å². The first kappa shape index (κ1) is 11.7. The first-order valence-corrected chi connectivity index (χ1v) is 6.05. The van der Waals surface area contributed by atoms with Crippen LogP contribution in [-0.4, -0.2) is 15.9 Å². The summed E-state index contributed by atoms with van der Waals surface area (Å²) in [7, 11) is 0. The van der Waals surface area contributed by atoms with E-state index in [-0.39, 0.29) is 11.9 Å². The molecule has 1 atom stereocenters. The molecule has 0 aliphatic carbocycles. The summed E-state index contributed by atoms with van der Waals surface area (Å²) in [6.07, 6.45) is 3.39. The maximum absolute atomic E-state index is 11.8. The summed E-state index contributed by atoms with van der Waals surface area (Å²) in [5, 5.41) is 3.76. The SMILES string of the molecule is Cc1cnc(C(C)NC(=O)c2cc(N)c[nH]2)s1. The third kappa shape index (κ3) is 2.65. The number of thiazole rings is 1. The number of nitrogens with one attached hydrogen (secondary N) is 2. The van der Waals surface area contributed by atoms with Gasteiger partial charge in [-0.2, -0.15) is 0 Å². The van der Waals surface area contributed by atoms with Gasteiger partial charge in [0, 0.05) is 23.0 Å². The fraction of sp³-hybridized carbons (Fsp3) is 0.273. The minimum absolute atomic E-state index is 0.106. The van der Waals surface area contributed by atoms with Gasteiger partial charge in [-0.3, -0.25) is 4.79 Å². The highest BCUT2D eigenvalue weighted by molar-refractivity contribution is 7.11. The van der Waals surface area contributed by atoms with E-state index in [9.17, 15) is 4.79 Å². The van der Waals surface area contributed by atoms with Crippen LogP contribution < -0.4 is 11.1 Å². The van der Waals surface area contributed by atoms with Crippen molar-refractivity contribution >= 4 is 22.9 Å². The lowest BCUT2D eigenvalue weighted by molar-refractivity contribution is 0.0935. The van der Waals surface area contributed by atoms with Gasteiger partial charge >= 0.3 is 0 Å². The maximum Gasteiger partial charge on any atom is 0.268 e. The van der Waals surface area contributed by atoms with E-state index in [1.807, 2.05) is 13.8 Å². The quantitative estimate of drug-likeness (QED) is 0.777. The number of nitrogens with two attached hydrogens (primary N) is 1. The highest BCUT2D eigenvalue weighted by Crippen LogP contribution is 2.19.